The Bertz CT molecular complexity index is 711. The number of anilines is 1. The molecule has 0 atom stereocenters. The first kappa shape index (κ1) is 18.5. The van der Waals surface area contributed by atoms with Crippen molar-refractivity contribution in [3.05, 3.63) is 36.3 Å². The smallest absolute Gasteiger partial charge is 0.204 e. The second-order valence-electron chi connectivity index (χ2n) is 7.32. The van der Waals surface area contributed by atoms with E-state index in [1.807, 2.05) is 12.4 Å². The van der Waals surface area contributed by atoms with Gasteiger partial charge in [-0.3, -0.25) is 0 Å². The van der Waals surface area contributed by atoms with Crippen molar-refractivity contribution in [2.45, 2.75) is 49.0 Å². The van der Waals surface area contributed by atoms with E-state index in [4.69, 9.17) is 4.42 Å². The van der Waals surface area contributed by atoms with Gasteiger partial charge in [-0.25, -0.2) is 9.97 Å². The summed E-state index contributed by atoms with van der Waals surface area (Å²) < 4.78 is 6.99. The third kappa shape index (κ3) is 5.09. The van der Waals surface area contributed by atoms with Crippen LogP contribution in [0.1, 0.15) is 45.3 Å². The zero-order valence-electron chi connectivity index (χ0n) is 15.1. The molecule has 0 aliphatic carbocycles. The Hall–Kier alpha value is -1.31. The molecule has 2 aromatic heterocycles. The zero-order valence-corrected chi connectivity index (χ0v) is 16.7. The molecular formula is C18H26N4OS2. The molecule has 3 rings (SSSR count). The largest absolute Gasteiger partial charge is 0.444 e. The van der Waals surface area contributed by atoms with Gasteiger partial charge in [0.2, 0.25) is 5.89 Å². The highest BCUT2D eigenvalue weighted by atomic mass is 32.2. The number of aromatic nitrogens is 2. The van der Waals surface area contributed by atoms with Gasteiger partial charge in [0.15, 0.2) is 5.13 Å². The van der Waals surface area contributed by atoms with E-state index in [2.05, 4.69) is 48.0 Å². The molecule has 5 nitrogen and oxygen atoms in total. The molecule has 0 aromatic carbocycles. The highest BCUT2D eigenvalue weighted by Crippen LogP contribution is 2.33. The number of hydrogen-bond donors (Lipinski definition) is 2. The third-order valence-electron chi connectivity index (χ3n) is 4.21. The maximum Gasteiger partial charge on any atom is 0.204 e. The van der Waals surface area contributed by atoms with Crippen molar-refractivity contribution in [1.82, 2.24) is 15.3 Å². The number of thioether (sulfide) groups is 1. The minimum atomic E-state index is -0.00745. The quantitative estimate of drug-likeness (QED) is 0.714. The van der Waals surface area contributed by atoms with Crippen molar-refractivity contribution in [2.24, 2.45) is 5.92 Å². The van der Waals surface area contributed by atoms with Crippen LogP contribution < -0.4 is 10.6 Å². The first-order chi connectivity index (χ1) is 11.9. The lowest BCUT2D eigenvalue weighted by molar-refractivity contribution is 0.391. The molecule has 25 heavy (non-hydrogen) atoms. The SMILES string of the molecule is C=C(Nc1ncc(SCc2ncc(C(C)(C)C)o2)s1)C1CCNCC1. The van der Waals surface area contributed by atoms with Crippen LogP contribution >= 0.6 is 23.1 Å². The molecule has 3 heterocycles. The van der Waals surface area contributed by atoms with Crippen molar-refractivity contribution < 1.29 is 4.42 Å². The number of nitrogens with zero attached hydrogens (tertiary/aromatic N) is 2. The van der Waals surface area contributed by atoms with E-state index < -0.39 is 0 Å². The van der Waals surface area contributed by atoms with Gasteiger partial charge >= 0.3 is 0 Å². The van der Waals surface area contributed by atoms with Crippen molar-refractivity contribution in [3.63, 3.8) is 0 Å². The van der Waals surface area contributed by atoms with Gasteiger partial charge in [-0.2, -0.15) is 0 Å². The molecule has 1 saturated heterocycles. The number of nitrogens with one attached hydrogen (secondary N) is 2. The van der Waals surface area contributed by atoms with Crippen molar-refractivity contribution in [1.29, 1.82) is 0 Å². The standard InChI is InChI=1S/C18H26N4OS2/c1-12(13-5-7-19-8-6-13)22-17-21-10-16(25-17)24-11-15-20-9-14(23-15)18(2,3)4/h9-10,13,19H,1,5-8,11H2,2-4H3,(H,21,22). The summed E-state index contributed by atoms with van der Waals surface area (Å²) >= 11 is 3.35. The third-order valence-corrected chi connectivity index (χ3v) is 6.31. The topological polar surface area (TPSA) is 63.0 Å². The van der Waals surface area contributed by atoms with Gasteiger partial charge in [0, 0.05) is 17.0 Å². The molecule has 0 unspecified atom stereocenters. The molecule has 1 aliphatic heterocycles. The lowest BCUT2D eigenvalue weighted by Gasteiger charge is -2.24. The molecule has 1 fully saturated rings. The van der Waals surface area contributed by atoms with E-state index in [-0.39, 0.29) is 5.41 Å². The minimum absolute atomic E-state index is 0.00745. The fraction of sp³-hybridized carbons (Fsp3) is 0.556. The predicted molar refractivity (Wildman–Crippen MR) is 105 cm³/mol. The minimum Gasteiger partial charge on any atom is -0.444 e. The van der Waals surface area contributed by atoms with E-state index in [9.17, 15) is 0 Å². The Labute approximate surface area is 157 Å². The number of thiazole rings is 1. The van der Waals surface area contributed by atoms with E-state index >= 15 is 0 Å². The Morgan fingerprint density at radius 1 is 1.36 bits per heavy atom. The van der Waals surface area contributed by atoms with Gasteiger partial charge < -0.3 is 15.1 Å². The molecule has 1 aliphatic rings. The number of piperidine rings is 1. The average molecular weight is 379 g/mol. The molecule has 0 spiro atoms. The summed E-state index contributed by atoms with van der Waals surface area (Å²) in [4.78, 5) is 8.84. The van der Waals surface area contributed by atoms with Gasteiger partial charge in [-0.15, -0.1) is 11.8 Å². The molecule has 0 amide bonds. The Kier molecular flexibility index (Phi) is 5.86. The average Bonchev–Trinajstić information content (AvgIpc) is 3.22. The fourth-order valence-corrected chi connectivity index (χ4v) is 4.41. The molecule has 2 N–H and O–H groups in total. The summed E-state index contributed by atoms with van der Waals surface area (Å²) in [5.41, 5.74) is 1.07. The van der Waals surface area contributed by atoms with Crippen LogP contribution in [-0.2, 0) is 11.2 Å². The first-order valence-corrected chi connectivity index (χ1v) is 10.4. The van der Waals surface area contributed by atoms with Gasteiger partial charge in [-0.05, 0) is 25.9 Å². The van der Waals surface area contributed by atoms with Crippen LogP contribution in [0, 0.1) is 5.92 Å². The van der Waals surface area contributed by atoms with Crippen molar-refractivity contribution in [3.8, 4) is 0 Å². The highest BCUT2D eigenvalue weighted by Gasteiger charge is 2.20. The second kappa shape index (κ2) is 7.93. The maximum absolute atomic E-state index is 5.84. The van der Waals surface area contributed by atoms with Crippen molar-refractivity contribution in [2.75, 3.05) is 18.4 Å². The van der Waals surface area contributed by atoms with Gasteiger partial charge in [0.1, 0.15) is 5.76 Å². The van der Waals surface area contributed by atoms with Gasteiger partial charge in [0.25, 0.3) is 0 Å². The Morgan fingerprint density at radius 2 is 2.12 bits per heavy atom. The number of oxazole rings is 1. The lowest BCUT2D eigenvalue weighted by atomic mass is 9.94. The number of allylic oxidation sites excluding steroid dienone is 1. The summed E-state index contributed by atoms with van der Waals surface area (Å²) in [5, 5.41) is 7.68. The Morgan fingerprint density at radius 3 is 2.80 bits per heavy atom. The maximum atomic E-state index is 5.84. The molecule has 7 heteroatoms. The van der Waals surface area contributed by atoms with Crippen LogP contribution in [-0.4, -0.2) is 23.1 Å². The van der Waals surface area contributed by atoms with Crippen LogP contribution in [0.4, 0.5) is 5.13 Å². The predicted octanol–water partition coefficient (Wildman–Crippen LogP) is 4.65. The zero-order chi connectivity index (χ0) is 17.9. The van der Waals surface area contributed by atoms with E-state index in [0.29, 0.717) is 11.7 Å². The van der Waals surface area contributed by atoms with Crippen LogP contribution in [0.2, 0.25) is 0 Å². The second-order valence-corrected chi connectivity index (χ2v) is 9.62. The summed E-state index contributed by atoms with van der Waals surface area (Å²) in [6.07, 6.45) is 6.01. The van der Waals surface area contributed by atoms with Crippen LogP contribution in [0.15, 0.2) is 33.3 Å². The summed E-state index contributed by atoms with van der Waals surface area (Å²) in [6, 6.07) is 0. The molecule has 0 saturated carbocycles. The molecule has 2 aromatic rings. The number of hydrogen-bond acceptors (Lipinski definition) is 7. The summed E-state index contributed by atoms with van der Waals surface area (Å²) in [5.74, 6) is 2.93. The summed E-state index contributed by atoms with van der Waals surface area (Å²) in [6.45, 7) is 12.7. The molecule has 0 bridgehead atoms. The highest BCUT2D eigenvalue weighted by molar-refractivity contribution is 8.00. The monoisotopic (exact) mass is 378 g/mol. The molecule has 0 radical (unpaired) electrons. The van der Waals surface area contributed by atoms with E-state index in [1.54, 1.807) is 23.1 Å². The van der Waals surface area contributed by atoms with Gasteiger partial charge in [-0.1, -0.05) is 38.7 Å². The molecule has 136 valence electrons. The van der Waals surface area contributed by atoms with E-state index in [0.717, 1.165) is 52.6 Å². The molecular weight excluding hydrogens is 352 g/mol. The van der Waals surface area contributed by atoms with Gasteiger partial charge in [0.05, 0.1) is 22.4 Å². The fourth-order valence-electron chi connectivity index (χ4n) is 2.65. The Balaban J connectivity index is 1.51. The van der Waals surface area contributed by atoms with Crippen LogP contribution in [0.5, 0.6) is 0 Å². The van der Waals surface area contributed by atoms with Crippen molar-refractivity contribution >= 4 is 28.2 Å². The normalized spacial score (nSPS) is 16.1. The van der Waals surface area contributed by atoms with Crippen LogP contribution in [0.25, 0.3) is 0 Å². The first-order valence-electron chi connectivity index (χ1n) is 8.62. The lowest BCUT2D eigenvalue weighted by Crippen LogP contribution is -2.29. The number of rotatable bonds is 6. The van der Waals surface area contributed by atoms with Crippen LogP contribution in [0.3, 0.4) is 0 Å². The van der Waals surface area contributed by atoms with E-state index in [1.165, 1.54) is 0 Å². The summed E-state index contributed by atoms with van der Waals surface area (Å²) in [7, 11) is 0.